The van der Waals surface area contributed by atoms with Crippen molar-refractivity contribution in [2.45, 2.75) is 69.3 Å². The van der Waals surface area contributed by atoms with Crippen LogP contribution in [0.1, 0.15) is 43.7 Å². The summed E-state index contributed by atoms with van der Waals surface area (Å²) in [6.07, 6.45) is -20.6. The highest BCUT2D eigenvalue weighted by atomic mass is 19.4. The van der Waals surface area contributed by atoms with Crippen LogP contribution in [0, 0.1) is 0 Å². The van der Waals surface area contributed by atoms with Gasteiger partial charge in [0.2, 0.25) is 0 Å². The Bertz CT molecular complexity index is 1070. The van der Waals surface area contributed by atoms with E-state index in [-0.39, 0.29) is 38.2 Å². The molecule has 2 heterocycles. The predicted octanol–water partition coefficient (Wildman–Crippen LogP) is 5.62. The number of hydrogen-bond donors (Lipinski definition) is 0. The number of amides is 2. The minimum atomic E-state index is -5.83. The van der Waals surface area contributed by atoms with E-state index in [4.69, 9.17) is 4.74 Å². The van der Waals surface area contributed by atoms with Crippen molar-refractivity contribution >= 4 is 12.0 Å². The summed E-state index contributed by atoms with van der Waals surface area (Å²) in [5.41, 5.74) is -1.19. The molecule has 3 rings (SSSR count). The predicted molar refractivity (Wildman–Crippen MR) is 126 cm³/mol. The maximum absolute atomic E-state index is 13.4. The first-order valence-corrected chi connectivity index (χ1v) is 12.8. The van der Waals surface area contributed by atoms with Crippen molar-refractivity contribution in [3.63, 3.8) is 0 Å². The van der Waals surface area contributed by atoms with Crippen molar-refractivity contribution in [1.82, 2.24) is 14.7 Å². The molecule has 0 atom stereocenters. The number of carbonyl (C=O) groups excluding carboxylic acids is 2. The van der Waals surface area contributed by atoms with E-state index in [0.29, 0.717) is 31.5 Å². The van der Waals surface area contributed by atoms with Gasteiger partial charge in [0, 0.05) is 44.3 Å². The van der Waals surface area contributed by atoms with Crippen molar-refractivity contribution in [3.05, 3.63) is 29.3 Å². The Balaban J connectivity index is 1.73. The van der Waals surface area contributed by atoms with Crippen molar-refractivity contribution in [2.75, 3.05) is 39.8 Å². The highest BCUT2D eigenvalue weighted by molar-refractivity contribution is 5.77. The normalized spacial score (nSPS) is 18.2. The second kappa shape index (κ2) is 12.1. The van der Waals surface area contributed by atoms with E-state index in [9.17, 15) is 49.1 Å². The third-order valence-corrected chi connectivity index (χ3v) is 7.51. The summed E-state index contributed by atoms with van der Waals surface area (Å²) >= 11 is 0. The lowest BCUT2D eigenvalue weighted by atomic mass is 9.85. The molecule has 0 saturated carbocycles. The molecule has 1 aromatic rings. The number of ether oxygens (including phenoxy) is 2. The molecule has 7 nitrogen and oxygen atoms in total. The Morgan fingerprint density at radius 1 is 0.976 bits per heavy atom. The Kier molecular flexibility index (Phi) is 9.65. The molecule has 0 unspecified atom stereocenters. The Hall–Kier alpha value is -2.91. The van der Waals surface area contributed by atoms with Crippen LogP contribution in [0.4, 0.5) is 44.3 Å². The number of benzene rings is 1. The first-order valence-electron chi connectivity index (χ1n) is 12.8. The highest BCUT2D eigenvalue weighted by Gasteiger charge is 2.60. The molecule has 0 N–H and O–H groups in total. The molecule has 16 heteroatoms. The summed E-state index contributed by atoms with van der Waals surface area (Å²) in [6, 6.07) is 2.95. The number of likely N-dealkylation sites (tertiary alicyclic amines) is 2. The van der Waals surface area contributed by atoms with Gasteiger partial charge < -0.3 is 19.3 Å². The fourth-order valence-corrected chi connectivity index (χ4v) is 5.03. The molecular formula is C25H30F9N3O4. The van der Waals surface area contributed by atoms with Gasteiger partial charge in [-0.25, -0.2) is 4.79 Å². The number of carbonyl (C=O) groups is 2. The zero-order valence-electron chi connectivity index (χ0n) is 22.3. The van der Waals surface area contributed by atoms with Crippen LogP contribution in [0.5, 0.6) is 5.75 Å². The number of rotatable bonds is 7. The highest BCUT2D eigenvalue weighted by Crippen LogP contribution is 2.42. The van der Waals surface area contributed by atoms with Crippen molar-refractivity contribution in [2.24, 2.45) is 0 Å². The van der Waals surface area contributed by atoms with Gasteiger partial charge in [0.15, 0.2) is 6.61 Å². The fraction of sp³-hybridized carbons (Fsp3) is 0.680. The van der Waals surface area contributed by atoms with Crippen LogP contribution in [0.2, 0.25) is 0 Å². The summed E-state index contributed by atoms with van der Waals surface area (Å²) in [6.45, 7) is 1.87. The monoisotopic (exact) mass is 607 g/mol. The fourth-order valence-electron chi connectivity index (χ4n) is 5.03. The van der Waals surface area contributed by atoms with Gasteiger partial charge in [-0.15, -0.1) is 0 Å². The third-order valence-electron chi connectivity index (χ3n) is 7.51. The van der Waals surface area contributed by atoms with Crippen LogP contribution in [0.15, 0.2) is 18.2 Å². The minimum absolute atomic E-state index is 0.111. The maximum Gasteiger partial charge on any atom is 0.434 e. The van der Waals surface area contributed by atoms with Gasteiger partial charge >= 0.3 is 24.6 Å². The van der Waals surface area contributed by atoms with Gasteiger partial charge in [-0.3, -0.25) is 9.69 Å². The van der Waals surface area contributed by atoms with Crippen LogP contribution < -0.4 is 4.74 Å². The van der Waals surface area contributed by atoms with Crippen molar-refractivity contribution < 1.29 is 58.6 Å². The number of nitrogens with zero attached hydrogens (tertiary/aromatic N) is 3. The average Bonchev–Trinajstić information content (AvgIpc) is 3.25. The summed E-state index contributed by atoms with van der Waals surface area (Å²) < 4.78 is 126. The second-order valence-electron chi connectivity index (χ2n) is 10.1. The van der Waals surface area contributed by atoms with Gasteiger partial charge in [0.1, 0.15) is 5.75 Å². The van der Waals surface area contributed by atoms with E-state index in [1.165, 1.54) is 18.0 Å². The molecule has 2 saturated heterocycles. The van der Waals surface area contributed by atoms with E-state index in [1.807, 2.05) is 4.90 Å². The van der Waals surface area contributed by atoms with Gasteiger partial charge in [0.05, 0.1) is 5.56 Å². The Morgan fingerprint density at radius 2 is 1.59 bits per heavy atom. The van der Waals surface area contributed by atoms with Crippen molar-refractivity contribution in [1.29, 1.82) is 0 Å². The summed E-state index contributed by atoms with van der Waals surface area (Å²) in [4.78, 5) is 28.5. The van der Waals surface area contributed by atoms with E-state index < -0.39 is 54.3 Å². The molecule has 0 aromatic heterocycles. The summed E-state index contributed by atoms with van der Waals surface area (Å²) in [7, 11) is 1.52. The van der Waals surface area contributed by atoms with Gasteiger partial charge in [-0.05, 0) is 51.3 Å². The first kappa shape index (κ1) is 32.6. The molecule has 0 bridgehead atoms. The number of piperidine rings is 1. The Morgan fingerprint density at radius 3 is 2.12 bits per heavy atom. The quantitative estimate of drug-likeness (QED) is 0.377. The zero-order chi connectivity index (χ0) is 30.8. The minimum Gasteiger partial charge on any atom is -0.483 e. The van der Waals surface area contributed by atoms with E-state index in [1.54, 1.807) is 6.92 Å². The molecule has 2 fully saturated rings. The lowest BCUT2D eigenvalue weighted by Gasteiger charge is -2.45. The van der Waals surface area contributed by atoms with Gasteiger partial charge in [-0.2, -0.15) is 39.5 Å². The largest absolute Gasteiger partial charge is 0.483 e. The number of hydrogen-bond acceptors (Lipinski definition) is 5. The van der Waals surface area contributed by atoms with Gasteiger partial charge in [-0.1, -0.05) is 6.07 Å². The van der Waals surface area contributed by atoms with E-state index in [0.717, 1.165) is 17.0 Å². The molecule has 2 aliphatic rings. The average molecular weight is 608 g/mol. The maximum atomic E-state index is 13.4. The summed E-state index contributed by atoms with van der Waals surface area (Å²) in [5.74, 6) is -0.572. The zero-order valence-corrected chi connectivity index (χ0v) is 22.3. The lowest BCUT2D eigenvalue weighted by molar-refractivity contribution is -0.308. The van der Waals surface area contributed by atoms with Crippen LogP contribution in [-0.2, 0) is 22.3 Å². The Labute approximate surface area is 230 Å². The lowest BCUT2D eigenvalue weighted by Crippen LogP contribution is -2.54. The molecular weight excluding hydrogens is 577 g/mol. The van der Waals surface area contributed by atoms with E-state index in [2.05, 4.69) is 4.74 Å². The standard InChI is InChI=1S/C25H30F9N3O4/c1-3-35(2)19(38)15-40-18-13-17(23(26,27)28)6-5-16(18)14-37-10-4-7-22(37)8-11-36(12-9-22)21(39)41-20(24(29,30)31)25(32,33)34/h5-6,13,20H,3-4,7-12,14-15H2,1-2H3. The van der Waals surface area contributed by atoms with E-state index >= 15 is 0 Å². The number of halogens is 9. The topological polar surface area (TPSA) is 62.3 Å². The number of alkyl halides is 9. The second-order valence-corrected chi connectivity index (χ2v) is 10.1. The first-order chi connectivity index (χ1) is 18.9. The summed E-state index contributed by atoms with van der Waals surface area (Å²) in [5, 5.41) is 0. The molecule has 0 aliphatic carbocycles. The SMILES string of the molecule is CCN(C)C(=O)COc1cc(C(F)(F)F)ccc1CN1CCCC12CCN(C(=O)OC(C(F)(F)F)C(F)(F)F)CC2. The van der Waals surface area contributed by atoms with Crippen LogP contribution in [0.25, 0.3) is 0 Å². The molecule has 41 heavy (non-hydrogen) atoms. The van der Waals surface area contributed by atoms with Crippen LogP contribution >= 0.6 is 0 Å². The van der Waals surface area contributed by atoms with Crippen LogP contribution in [-0.4, -0.2) is 90.5 Å². The number of likely N-dealkylation sites (N-methyl/N-ethyl adjacent to an activating group) is 1. The molecule has 1 spiro atoms. The van der Waals surface area contributed by atoms with Gasteiger partial charge in [0.25, 0.3) is 12.0 Å². The smallest absolute Gasteiger partial charge is 0.434 e. The molecule has 0 radical (unpaired) electrons. The molecule has 232 valence electrons. The molecule has 2 amide bonds. The molecule has 1 aromatic carbocycles. The molecule has 2 aliphatic heterocycles. The van der Waals surface area contributed by atoms with Crippen molar-refractivity contribution in [3.8, 4) is 5.75 Å². The third kappa shape index (κ3) is 7.89. The van der Waals surface area contributed by atoms with Crippen LogP contribution in [0.3, 0.4) is 0 Å².